The number of carbonyl (C=O) groups is 3. The third-order valence-corrected chi connectivity index (χ3v) is 8.12. The highest BCUT2D eigenvalue weighted by atomic mass is 16.4. The van der Waals surface area contributed by atoms with E-state index in [1.54, 1.807) is 20.8 Å². The lowest BCUT2D eigenvalue weighted by molar-refractivity contribution is -0.934. The molecule has 0 aromatic rings. The van der Waals surface area contributed by atoms with E-state index >= 15 is 0 Å². The minimum atomic E-state index is -1.18. The predicted molar refractivity (Wildman–Crippen MR) is 161 cm³/mol. The molecule has 3 atom stereocenters. The largest absolute Gasteiger partial charge is 0.550 e. The molecule has 7 heteroatoms. The van der Waals surface area contributed by atoms with Crippen LogP contribution in [-0.2, 0) is 14.4 Å². The van der Waals surface area contributed by atoms with E-state index in [-0.39, 0.29) is 24.1 Å². The summed E-state index contributed by atoms with van der Waals surface area (Å²) < 4.78 is 0.186. The molecule has 0 bridgehead atoms. The first kappa shape index (κ1) is 38.1. The normalized spacial score (nSPS) is 15.5. The number of carbonyl (C=O) groups excluding carboxylic acids is 1. The Morgan fingerprint density at radius 1 is 0.600 bits per heavy atom. The highest BCUT2D eigenvalue weighted by Crippen LogP contribution is 2.22. The standard InChI is InChI=1S/C33H61NO6/c1-5-6-7-8-9-10-11-12-13-14-15-16-17-18-19-20-21-22-23-24-34(25-28(2)31(35)36,26-29(3)32(37)38)27-30(4)33(39)40/h9-10,28-30H,5-8,11-27H2,1-4H3,(H2-,35,36,37,38,39,40)/b10-9+. The summed E-state index contributed by atoms with van der Waals surface area (Å²) in [6.07, 6.45) is 25.5. The zero-order valence-corrected chi connectivity index (χ0v) is 26.2. The minimum Gasteiger partial charge on any atom is -0.550 e. The van der Waals surface area contributed by atoms with Crippen molar-refractivity contribution in [3.63, 3.8) is 0 Å². The molecule has 0 saturated carbocycles. The van der Waals surface area contributed by atoms with Crippen molar-refractivity contribution in [2.24, 2.45) is 17.8 Å². The van der Waals surface area contributed by atoms with Gasteiger partial charge in [0, 0.05) is 11.9 Å². The van der Waals surface area contributed by atoms with E-state index in [9.17, 15) is 29.7 Å². The number of nitrogens with zero attached hydrogens (tertiary/aromatic N) is 1. The SMILES string of the molecule is CCCCC/C=C/CCCCCCCCCCCCCC[N+](CC(C)C(=O)[O-])(CC(C)C(=O)O)CC(C)C(=O)O. The zero-order chi connectivity index (χ0) is 30.2. The molecule has 7 nitrogen and oxygen atoms in total. The first-order valence-corrected chi connectivity index (χ1v) is 16.2. The Bertz CT molecular complexity index is 652. The van der Waals surface area contributed by atoms with E-state index in [0.29, 0.717) is 6.54 Å². The molecular formula is C33H61NO6. The quantitative estimate of drug-likeness (QED) is 0.0608. The van der Waals surface area contributed by atoms with Crippen LogP contribution in [0.15, 0.2) is 12.2 Å². The number of aliphatic carboxylic acids is 3. The third-order valence-electron chi connectivity index (χ3n) is 8.12. The van der Waals surface area contributed by atoms with E-state index < -0.39 is 35.7 Å². The molecule has 40 heavy (non-hydrogen) atoms. The molecule has 0 heterocycles. The van der Waals surface area contributed by atoms with E-state index in [1.807, 2.05) is 0 Å². The van der Waals surface area contributed by atoms with E-state index in [1.165, 1.54) is 83.5 Å². The maximum Gasteiger partial charge on any atom is 0.311 e. The second kappa shape index (κ2) is 23.8. The van der Waals surface area contributed by atoms with Gasteiger partial charge >= 0.3 is 11.9 Å². The molecule has 2 N–H and O–H groups in total. The van der Waals surface area contributed by atoms with Crippen LogP contribution < -0.4 is 5.11 Å². The number of allylic oxidation sites excluding steroid dienone is 2. The highest BCUT2D eigenvalue weighted by molar-refractivity contribution is 5.70. The Hall–Kier alpha value is -1.89. The number of hydrogen-bond donors (Lipinski definition) is 2. The Kier molecular flexibility index (Phi) is 22.7. The fourth-order valence-electron chi connectivity index (χ4n) is 5.70. The lowest BCUT2D eigenvalue weighted by Gasteiger charge is -2.43. The van der Waals surface area contributed by atoms with Crippen LogP contribution in [-0.4, -0.2) is 58.8 Å². The van der Waals surface area contributed by atoms with Crippen LogP contribution in [0, 0.1) is 17.8 Å². The molecule has 0 aromatic carbocycles. The number of carboxylic acids is 3. The smallest absolute Gasteiger partial charge is 0.311 e. The molecule has 0 spiro atoms. The van der Waals surface area contributed by atoms with Gasteiger partial charge in [0.2, 0.25) is 0 Å². The lowest BCUT2D eigenvalue weighted by atomic mass is 10.00. The van der Waals surface area contributed by atoms with E-state index in [2.05, 4.69) is 19.1 Å². The van der Waals surface area contributed by atoms with E-state index in [4.69, 9.17) is 0 Å². The van der Waals surface area contributed by atoms with Crippen LogP contribution in [0.5, 0.6) is 0 Å². The molecule has 0 aromatic heterocycles. The van der Waals surface area contributed by atoms with Crippen molar-refractivity contribution in [3.05, 3.63) is 12.2 Å². The summed E-state index contributed by atoms with van der Waals surface area (Å²) in [5, 5.41) is 30.5. The van der Waals surface area contributed by atoms with Gasteiger partial charge < -0.3 is 24.6 Å². The summed E-state index contributed by atoms with van der Waals surface area (Å²) in [6.45, 7) is 8.24. The number of unbranched alkanes of at least 4 members (excludes halogenated alkanes) is 15. The molecule has 0 saturated heterocycles. The van der Waals surface area contributed by atoms with Gasteiger partial charge in [-0.3, -0.25) is 9.59 Å². The van der Waals surface area contributed by atoms with E-state index in [0.717, 1.165) is 25.7 Å². The zero-order valence-electron chi connectivity index (χ0n) is 26.2. The van der Waals surface area contributed by atoms with Gasteiger partial charge in [-0.2, -0.15) is 0 Å². The topological polar surface area (TPSA) is 115 Å². The van der Waals surface area contributed by atoms with Crippen molar-refractivity contribution in [2.75, 3.05) is 26.2 Å². The van der Waals surface area contributed by atoms with Crippen molar-refractivity contribution >= 4 is 17.9 Å². The monoisotopic (exact) mass is 567 g/mol. The number of carboxylic acid groups (broad SMARTS) is 3. The van der Waals surface area contributed by atoms with Crippen molar-refractivity contribution in [1.82, 2.24) is 0 Å². The first-order chi connectivity index (χ1) is 19.0. The second-order valence-electron chi connectivity index (χ2n) is 12.3. The van der Waals surface area contributed by atoms with Crippen molar-refractivity contribution < 1.29 is 34.2 Å². The molecule has 0 fully saturated rings. The van der Waals surface area contributed by atoms with Gasteiger partial charge in [0.25, 0.3) is 0 Å². The molecule has 0 radical (unpaired) electrons. The Morgan fingerprint density at radius 2 is 0.950 bits per heavy atom. The average molecular weight is 568 g/mol. The lowest BCUT2D eigenvalue weighted by Crippen LogP contribution is -2.58. The van der Waals surface area contributed by atoms with Crippen LogP contribution >= 0.6 is 0 Å². The van der Waals surface area contributed by atoms with Crippen molar-refractivity contribution in [1.29, 1.82) is 0 Å². The fraction of sp³-hybridized carbons (Fsp3) is 0.848. The molecule has 3 unspecified atom stereocenters. The third kappa shape index (κ3) is 20.1. The van der Waals surface area contributed by atoms with Crippen molar-refractivity contribution in [2.45, 2.75) is 137 Å². The maximum absolute atomic E-state index is 11.6. The highest BCUT2D eigenvalue weighted by Gasteiger charge is 2.36. The molecule has 0 aliphatic rings. The van der Waals surface area contributed by atoms with Gasteiger partial charge in [-0.15, -0.1) is 0 Å². The summed E-state index contributed by atoms with van der Waals surface area (Å²) in [5.74, 6) is -5.23. The summed E-state index contributed by atoms with van der Waals surface area (Å²) >= 11 is 0. The fourth-order valence-corrected chi connectivity index (χ4v) is 5.70. The van der Waals surface area contributed by atoms with Gasteiger partial charge in [-0.05, 0) is 52.4 Å². The molecular weight excluding hydrogens is 506 g/mol. The maximum atomic E-state index is 11.6. The molecule has 0 aliphatic carbocycles. The predicted octanol–water partition coefficient (Wildman–Crippen LogP) is 6.84. The second-order valence-corrected chi connectivity index (χ2v) is 12.3. The number of quaternary nitrogens is 1. The van der Waals surface area contributed by atoms with Crippen LogP contribution in [0.1, 0.15) is 137 Å². The van der Waals surface area contributed by atoms with Crippen LogP contribution in [0.2, 0.25) is 0 Å². The van der Waals surface area contributed by atoms with Gasteiger partial charge in [-0.1, -0.05) is 96.6 Å². The van der Waals surface area contributed by atoms with Gasteiger partial charge in [0.05, 0.1) is 26.2 Å². The Morgan fingerprint density at radius 3 is 1.32 bits per heavy atom. The number of hydrogen-bond acceptors (Lipinski definition) is 4. The van der Waals surface area contributed by atoms with Gasteiger partial charge in [0.1, 0.15) is 11.8 Å². The van der Waals surface area contributed by atoms with Gasteiger partial charge in [-0.25, -0.2) is 0 Å². The number of rotatable bonds is 28. The molecule has 0 rings (SSSR count). The molecule has 0 amide bonds. The van der Waals surface area contributed by atoms with Crippen molar-refractivity contribution in [3.8, 4) is 0 Å². The minimum absolute atomic E-state index is 0.186. The summed E-state index contributed by atoms with van der Waals surface area (Å²) in [7, 11) is 0. The molecule has 0 aliphatic heterocycles. The van der Waals surface area contributed by atoms with Crippen LogP contribution in [0.3, 0.4) is 0 Å². The van der Waals surface area contributed by atoms with Crippen LogP contribution in [0.25, 0.3) is 0 Å². The Balaban J connectivity index is 4.30. The Labute approximate surface area is 245 Å². The molecule has 234 valence electrons. The van der Waals surface area contributed by atoms with Gasteiger partial charge in [0.15, 0.2) is 0 Å². The average Bonchev–Trinajstić information content (AvgIpc) is 2.89. The summed E-state index contributed by atoms with van der Waals surface area (Å²) in [4.78, 5) is 34.7. The first-order valence-electron chi connectivity index (χ1n) is 16.2. The van der Waals surface area contributed by atoms with Crippen LogP contribution in [0.4, 0.5) is 0 Å². The summed E-state index contributed by atoms with van der Waals surface area (Å²) in [6, 6.07) is 0. The summed E-state index contributed by atoms with van der Waals surface area (Å²) in [5.41, 5.74) is 0.